The predicted molar refractivity (Wildman–Crippen MR) is 49.8 cm³/mol. The van der Waals surface area contributed by atoms with Crippen molar-refractivity contribution in [3.05, 3.63) is 17.5 Å². The van der Waals surface area contributed by atoms with Gasteiger partial charge in [-0.05, 0) is 19.4 Å². The Morgan fingerprint density at radius 2 is 2.08 bits per heavy atom. The van der Waals surface area contributed by atoms with Gasteiger partial charge in [-0.3, -0.25) is 4.98 Å². The van der Waals surface area contributed by atoms with Crippen LogP contribution < -0.4 is 10.1 Å². The molecule has 0 atom stereocenters. The van der Waals surface area contributed by atoms with E-state index in [9.17, 15) is 0 Å². The average molecular weight is 166 g/mol. The van der Waals surface area contributed by atoms with Crippen LogP contribution in [-0.2, 0) is 0 Å². The molecular weight excluding hydrogens is 152 g/mol. The van der Waals surface area contributed by atoms with E-state index < -0.39 is 0 Å². The van der Waals surface area contributed by atoms with Crippen molar-refractivity contribution in [3.8, 4) is 5.75 Å². The summed E-state index contributed by atoms with van der Waals surface area (Å²) in [4.78, 5) is 4.19. The SMILES string of the molecule is CNc1c(C)cnc(C)c1OC. The number of ether oxygens (including phenoxy) is 1. The standard InChI is InChI=1S/C9H14N2O/c1-6-5-11-7(2)9(12-4)8(6)10-3/h5H,1-4H3,(H,10,11). The topological polar surface area (TPSA) is 34.2 Å². The van der Waals surface area contributed by atoms with Gasteiger partial charge in [0.25, 0.3) is 0 Å². The largest absolute Gasteiger partial charge is 0.493 e. The Balaban J connectivity index is 3.28. The van der Waals surface area contributed by atoms with Gasteiger partial charge >= 0.3 is 0 Å². The molecule has 0 saturated carbocycles. The first-order valence-corrected chi connectivity index (χ1v) is 3.88. The monoisotopic (exact) mass is 166 g/mol. The molecule has 0 aromatic carbocycles. The minimum Gasteiger partial charge on any atom is -0.493 e. The van der Waals surface area contributed by atoms with E-state index >= 15 is 0 Å². The van der Waals surface area contributed by atoms with E-state index in [4.69, 9.17) is 4.74 Å². The lowest BCUT2D eigenvalue weighted by Gasteiger charge is -2.12. The summed E-state index contributed by atoms with van der Waals surface area (Å²) in [5, 5.41) is 3.09. The third kappa shape index (κ3) is 1.35. The van der Waals surface area contributed by atoms with Crippen LogP contribution in [0.25, 0.3) is 0 Å². The number of aryl methyl sites for hydroxylation is 2. The summed E-state index contributed by atoms with van der Waals surface area (Å²) in [6.45, 7) is 3.93. The fraction of sp³-hybridized carbons (Fsp3) is 0.444. The molecule has 0 radical (unpaired) electrons. The van der Waals surface area contributed by atoms with E-state index in [1.165, 1.54) is 0 Å². The molecule has 0 amide bonds. The molecule has 1 N–H and O–H groups in total. The van der Waals surface area contributed by atoms with E-state index in [0.717, 1.165) is 22.7 Å². The van der Waals surface area contributed by atoms with Crippen molar-refractivity contribution in [3.63, 3.8) is 0 Å². The molecule has 0 aliphatic rings. The second kappa shape index (κ2) is 3.43. The van der Waals surface area contributed by atoms with Crippen LogP contribution in [0.3, 0.4) is 0 Å². The molecule has 1 aromatic rings. The number of anilines is 1. The van der Waals surface area contributed by atoms with Gasteiger partial charge in [0, 0.05) is 13.2 Å². The van der Waals surface area contributed by atoms with E-state index in [0.29, 0.717) is 0 Å². The minimum atomic E-state index is 0.831. The molecule has 3 heteroatoms. The van der Waals surface area contributed by atoms with Crippen molar-refractivity contribution in [1.82, 2.24) is 4.98 Å². The first-order valence-electron chi connectivity index (χ1n) is 3.88. The van der Waals surface area contributed by atoms with Gasteiger partial charge in [0.15, 0.2) is 5.75 Å². The molecule has 0 bridgehead atoms. The number of nitrogens with one attached hydrogen (secondary N) is 1. The number of aromatic nitrogens is 1. The van der Waals surface area contributed by atoms with Crippen LogP contribution in [0.1, 0.15) is 11.3 Å². The predicted octanol–water partition coefficient (Wildman–Crippen LogP) is 1.75. The molecule has 0 aliphatic carbocycles. The van der Waals surface area contributed by atoms with Crippen molar-refractivity contribution in [2.24, 2.45) is 0 Å². The van der Waals surface area contributed by atoms with Crippen molar-refractivity contribution >= 4 is 5.69 Å². The lowest BCUT2D eigenvalue weighted by Crippen LogP contribution is -2.00. The summed E-state index contributed by atoms with van der Waals surface area (Å²) in [5.41, 5.74) is 3.03. The summed E-state index contributed by atoms with van der Waals surface area (Å²) in [6.07, 6.45) is 1.84. The molecule has 0 fully saturated rings. The third-order valence-corrected chi connectivity index (χ3v) is 1.86. The average Bonchev–Trinajstić information content (AvgIpc) is 2.08. The quantitative estimate of drug-likeness (QED) is 0.726. The molecular formula is C9H14N2O. The van der Waals surface area contributed by atoms with Crippen LogP contribution in [0, 0.1) is 13.8 Å². The normalized spacial score (nSPS) is 9.67. The fourth-order valence-electron chi connectivity index (χ4n) is 1.24. The number of hydrogen-bond acceptors (Lipinski definition) is 3. The van der Waals surface area contributed by atoms with E-state index in [-0.39, 0.29) is 0 Å². The molecule has 1 aromatic heterocycles. The van der Waals surface area contributed by atoms with Gasteiger partial charge in [0.05, 0.1) is 18.5 Å². The Hall–Kier alpha value is -1.25. The minimum absolute atomic E-state index is 0.831. The van der Waals surface area contributed by atoms with Gasteiger partial charge in [-0.1, -0.05) is 0 Å². The Morgan fingerprint density at radius 3 is 2.50 bits per heavy atom. The Kier molecular flexibility index (Phi) is 2.53. The second-order valence-corrected chi connectivity index (χ2v) is 2.68. The maximum Gasteiger partial charge on any atom is 0.163 e. The molecule has 0 unspecified atom stereocenters. The number of rotatable bonds is 2. The van der Waals surface area contributed by atoms with Crippen LogP contribution in [0.5, 0.6) is 5.75 Å². The van der Waals surface area contributed by atoms with Crippen LogP contribution in [-0.4, -0.2) is 19.1 Å². The van der Waals surface area contributed by atoms with Gasteiger partial charge in [0.1, 0.15) is 0 Å². The smallest absolute Gasteiger partial charge is 0.163 e. The van der Waals surface area contributed by atoms with Crippen LogP contribution in [0.2, 0.25) is 0 Å². The molecule has 1 heterocycles. The lowest BCUT2D eigenvalue weighted by molar-refractivity contribution is 0.411. The molecule has 0 aliphatic heterocycles. The second-order valence-electron chi connectivity index (χ2n) is 2.68. The van der Waals surface area contributed by atoms with E-state index in [2.05, 4.69) is 10.3 Å². The maximum atomic E-state index is 5.22. The summed E-state index contributed by atoms with van der Waals surface area (Å²) >= 11 is 0. The summed E-state index contributed by atoms with van der Waals surface area (Å²) in [5.74, 6) is 0.831. The van der Waals surface area contributed by atoms with Crippen molar-refractivity contribution < 1.29 is 4.74 Å². The lowest BCUT2D eigenvalue weighted by atomic mass is 10.2. The molecule has 66 valence electrons. The van der Waals surface area contributed by atoms with Gasteiger partial charge < -0.3 is 10.1 Å². The first kappa shape index (κ1) is 8.84. The molecule has 1 rings (SSSR count). The van der Waals surface area contributed by atoms with Crippen LogP contribution in [0.15, 0.2) is 6.20 Å². The number of methoxy groups -OCH3 is 1. The zero-order valence-electron chi connectivity index (χ0n) is 7.93. The fourth-order valence-corrected chi connectivity index (χ4v) is 1.24. The summed E-state index contributed by atoms with van der Waals surface area (Å²) in [6, 6.07) is 0. The van der Waals surface area contributed by atoms with Gasteiger partial charge in [0.2, 0.25) is 0 Å². The molecule has 3 nitrogen and oxygen atoms in total. The Bertz CT molecular complexity index is 255. The van der Waals surface area contributed by atoms with Crippen molar-refractivity contribution in [1.29, 1.82) is 0 Å². The maximum absolute atomic E-state index is 5.22. The van der Waals surface area contributed by atoms with E-state index in [1.807, 2.05) is 27.1 Å². The van der Waals surface area contributed by atoms with Crippen LogP contribution >= 0.6 is 0 Å². The van der Waals surface area contributed by atoms with Gasteiger partial charge in [-0.25, -0.2) is 0 Å². The highest BCUT2D eigenvalue weighted by atomic mass is 16.5. The molecule has 0 spiro atoms. The number of hydrogen-bond donors (Lipinski definition) is 1. The highest BCUT2D eigenvalue weighted by Gasteiger charge is 2.07. The Morgan fingerprint density at radius 1 is 1.42 bits per heavy atom. The first-order chi connectivity index (χ1) is 5.70. The third-order valence-electron chi connectivity index (χ3n) is 1.86. The molecule has 12 heavy (non-hydrogen) atoms. The molecule has 0 saturated heterocycles. The van der Waals surface area contributed by atoms with Crippen LogP contribution in [0.4, 0.5) is 5.69 Å². The zero-order chi connectivity index (χ0) is 9.14. The van der Waals surface area contributed by atoms with Crippen molar-refractivity contribution in [2.45, 2.75) is 13.8 Å². The highest BCUT2D eigenvalue weighted by Crippen LogP contribution is 2.29. The highest BCUT2D eigenvalue weighted by molar-refractivity contribution is 5.62. The van der Waals surface area contributed by atoms with Crippen molar-refractivity contribution in [2.75, 3.05) is 19.5 Å². The number of nitrogens with zero attached hydrogens (tertiary/aromatic N) is 1. The summed E-state index contributed by atoms with van der Waals surface area (Å²) < 4.78 is 5.22. The van der Waals surface area contributed by atoms with Gasteiger partial charge in [-0.15, -0.1) is 0 Å². The van der Waals surface area contributed by atoms with E-state index in [1.54, 1.807) is 7.11 Å². The zero-order valence-corrected chi connectivity index (χ0v) is 7.93. The summed E-state index contributed by atoms with van der Waals surface area (Å²) in [7, 11) is 3.54. The number of pyridine rings is 1. The Labute approximate surface area is 72.8 Å². The van der Waals surface area contributed by atoms with Gasteiger partial charge in [-0.2, -0.15) is 0 Å².